The normalized spacial score (nSPS) is 21.6. The minimum atomic E-state index is -0.867. The molecule has 1 heterocycles. The van der Waals surface area contributed by atoms with Gasteiger partial charge in [-0.15, -0.1) is 0 Å². The van der Waals surface area contributed by atoms with Gasteiger partial charge in [0, 0.05) is 9.28 Å². The molecule has 0 saturated carbocycles. The molecule has 6 nitrogen and oxygen atoms in total. The summed E-state index contributed by atoms with van der Waals surface area (Å²) < 4.78 is 20.8. The standard InChI is InChI=1S/C19H19FIN3O3S/c1-11(28)22-9-14-10-24(19(26)27-14)13-5-6-16(15(20)8-13)23-17-7-12(21)3-2-4-18(17)25/h2-8,14,18,23,25H,9-10H2,1H3,(H,22,28)/t14-,18?/m0/s1. The molecule has 9 heteroatoms. The number of nitrogens with one attached hydrogen (secondary N) is 2. The van der Waals surface area contributed by atoms with Crippen molar-refractivity contribution in [2.24, 2.45) is 0 Å². The number of carbonyl (C=O) groups is 1. The topological polar surface area (TPSA) is 73.8 Å². The molecule has 0 spiro atoms. The number of halogens is 2. The highest BCUT2D eigenvalue weighted by molar-refractivity contribution is 14.1. The molecule has 1 aromatic carbocycles. The van der Waals surface area contributed by atoms with Crippen LogP contribution in [0, 0.1) is 5.82 Å². The van der Waals surface area contributed by atoms with Crippen LogP contribution < -0.4 is 15.5 Å². The van der Waals surface area contributed by atoms with E-state index in [-0.39, 0.29) is 11.8 Å². The summed E-state index contributed by atoms with van der Waals surface area (Å²) in [5, 5.41) is 16.0. The van der Waals surface area contributed by atoms with Gasteiger partial charge in [0.15, 0.2) is 0 Å². The number of hydrogen-bond acceptors (Lipinski definition) is 5. The van der Waals surface area contributed by atoms with Crippen molar-refractivity contribution in [1.29, 1.82) is 0 Å². The van der Waals surface area contributed by atoms with Gasteiger partial charge < -0.3 is 20.5 Å². The molecule has 3 N–H and O–H groups in total. The van der Waals surface area contributed by atoms with Gasteiger partial charge in [-0.25, -0.2) is 9.18 Å². The molecule has 0 bridgehead atoms. The molecule has 148 valence electrons. The third kappa shape index (κ3) is 5.09. The van der Waals surface area contributed by atoms with E-state index in [2.05, 4.69) is 33.2 Å². The fourth-order valence-corrected chi connectivity index (χ4v) is 3.40. The summed E-state index contributed by atoms with van der Waals surface area (Å²) in [6.07, 6.45) is 5.17. The first-order valence-electron chi connectivity index (χ1n) is 8.56. The largest absolute Gasteiger partial charge is 0.442 e. The van der Waals surface area contributed by atoms with Gasteiger partial charge in [0.25, 0.3) is 0 Å². The van der Waals surface area contributed by atoms with Gasteiger partial charge in [-0.05, 0) is 59.9 Å². The van der Waals surface area contributed by atoms with Gasteiger partial charge in [-0.3, -0.25) is 4.90 Å². The first kappa shape index (κ1) is 20.7. The summed E-state index contributed by atoms with van der Waals surface area (Å²) in [5.74, 6) is -0.540. The van der Waals surface area contributed by atoms with Crippen molar-refractivity contribution in [1.82, 2.24) is 5.32 Å². The summed E-state index contributed by atoms with van der Waals surface area (Å²) in [5.41, 5.74) is 1.07. The number of benzene rings is 1. The van der Waals surface area contributed by atoms with Gasteiger partial charge >= 0.3 is 6.09 Å². The van der Waals surface area contributed by atoms with Gasteiger partial charge in [-0.1, -0.05) is 24.4 Å². The summed E-state index contributed by atoms with van der Waals surface area (Å²) in [6, 6.07) is 4.43. The van der Waals surface area contributed by atoms with E-state index in [4.69, 9.17) is 17.0 Å². The molecule has 1 aliphatic carbocycles. The van der Waals surface area contributed by atoms with E-state index in [1.54, 1.807) is 31.2 Å². The Hall–Kier alpha value is -1.98. The number of anilines is 2. The summed E-state index contributed by atoms with van der Waals surface area (Å²) in [4.78, 5) is 14.1. The highest BCUT2D eigenvalue weighted by Crippen LogP contribution is 2.28. The van der Waals surface area contributed by atoms with E-state index in [9.17, 15) is 14.3 Å². The molecule has 1 amide bonds. The number of hydrogen-bond donors (Lipinski definition) is 3. The monoisotopic (exact) mass is 515 g/mol. The lowest BCUT2D eigenvalue weighted by Crippen LogP contribution is -2.32. The van der Waals surface area contributed by atoms with Crippen molar-refractivity contribution in [3.63, 3.8) is 0 Å². The lowest BCUT2D eigenvalue weighted by Gasteiger charge is -2.17. The maximum absolute atomic E-state index is 14.6. The van der Waals surface area contributed by atoms with Crippen LogP contribution in [0.3, 0.4) is 0 Å². The highest BCUT2D eigenvalue weighted by Gasteiger charge is 2.32. The highest BCUT2D eigenvalue weighted by atomic mass is 127. The number of nitrogens with zero attached hydrogens (tertiary/aromatic N) is 1. The predicted molar refractivity (Wildman–Crippen MR) is 119 cm³/mol. The van der Waals surface area contributed by atoms with Crippen molar-refractivity contribution in [2.45, 2.75) is 19.1 Å². The number of thiocarbonyl (C=S) groups is 1. The van der Waals surface area contributed by atoms with Crippen molar-refractivity contribution in [3.8, 4) is 0 Å². The third-order valence-corrected chi connectivity index (χ3v) is 4.97. The van der Waals surface area contributed by atoms with Crippen LogP contribution in [0.2, 0.25) is 0 Å². The number of allylic oxidation sites excluding steroid dienone is 4. The first-order valence-corrected chi connectivity index (χ1v) is 10.0. The molecule has 2 aliphatic rings. The zero-order chi connectivity index (χ0) is 20.3. The number of carbonyl (C=O) groups excluding carboxylic acids is 1. The summed E-state index contributed by atoms with van der Waals surface area (Å²) in [6.45, 7) is 2.46. The van der Waals surface area contributed by atoms with Crippen molar-refractivity contribution in [2.75, 3.05) is 23.3 Å². The molecular formula is C19H19FIN3O3S. The van der Waals surface area contributed by atoms with Crippen LogP contribution in [0.4, 0.5) is 20.6 Å². The number of aliphatic hydroxyl groups is 1. The van der Waals surface area contributed by atoms with Gasteiger partial charge in [0.1, 0.15) is 18.0 Å². The Labute approximate surface area is 181 Å². The van der Waals surface area contributed by atoms with Crippen LogP contribution in [0.15, 0.2) is 51.8 Å². The quantitative estimate of drug-likeness (QED) is 0.411. The first-order chi connectivity index (χ1) is 13.3. The minimum absolute atomic E-state index is 0.204. The van der Waals surface area contributed by atoms with Crippen molar-refractivity contribution < 1.29 is 19.0 Å². The second-order valence-corrected chi connectivity index (χ2v) is 8.18. The maximum atomic E-state index is 14.6. The average Bonchev–Trinajstić information content (AvgIpc) is 2.93. The molecule has 1 aliphatic heterocycles. The minimum Gasteiger partial charge on any atom is -0.442 e. The molecular weight excluding hydrogens is 496 g/mol. The molecule has 1 unspecified atom stereocenters. The van der Waals surface area contributed by atoms with Gasteiger partial charge in [-0.2, -0.15) is 0 Å². The third-order valence-electron chi connectivity index (χ3n) is 4.16. The van der Waals surface area contributed by atoms with Gasteiger partial charge in [0.05, 0.1) is 29.5 Å². The average molecular weight is 515 g/mol. The van der Waals surface area contributed by atoms with Crippen LogP contribution in [0.1, 0.15) is 6.92 Å². The van der Waals surface area contributed by atoms with Crippen LogP contribution in [0.5, 0.6) is 0 Å². The number of amides is 1. The summed E-state index contributed by atoms with van der Waals surface area (Å²) in [7, 11) is 0. The van der Waals surface area contributed by atoms with E-state index in [0.29, 0.717) is 29.5 Å². The summed E-state index contributed by atoms with van der Waals surface area (Å²) >= 11 is 7.07. The lowest BCUT2D eigenvalue weighted by atomic mass is 10.2. The number of cyclic esters (lactones) is 1. The van der Waals surface area contributed by atoms with E-state index >= 15 is 0 Å². The Morgan fingerprint density at radius 1 is 1.50 bits per heavy atom. The zero-order valence-electron chi connectivity index (χ0n) is 15.0. The fraction of sp³-hybridized carbons (Fsp3) is 0.263. The molecule has 0 aromatic heterocycles. The molecule has 1 aromatic rings. The molecule has 1 fully saturated rings. The Bertz CT molecular complexity index is 887. The van der Waals surface area contributed by atoms with E-state index in [1.807, 2.05) is 6.08 Å². The molecule has 0 radical (unpaired) electrons. The van der Waals surface area contributed by atoms with E-state index in [1.165, 1.54) is 17.0 Å². The molecule has 2 atom stereocenters. The van der Waals surface area contributed by atoms with E-state index in [0.717, 1.165) is 3.58 Å². The van der Waals surface area contributed by atoms with Crippen molar-refractivity contribution in [3.05, 3.63) is 57.6 Å². The predicted octanol–water partition coefficient (Wildman–Crippen LogP) is 3.63. The molecule has 3 rings (SSSR count). The second kappa shape index (κ2) is 9.01. The molecule has 1 saturated heterocycles. The second-order valence-electron chi connectivity index (χ2n) is 6.32. The Kier molecular flexibility index (Phi) is 6.68. The van der Waals surface area contributed by atoms with Crippen LogP contribution >= 0.6 is 34.8 Å². The maximum Gasteiger partial charge on any atom is 0.414 e. The van der Waals surface area contributed by atoms with Crippen molar-refractivity contribution >= 4 is 57.3 Å². The number of rotatable bonds is 5. The zero-order valence-corrected chi connectivity index (χ0v) is 18.0. The molecule has 28 heavy (non-hydrogen) atoms. The van der Waals surface area contributed by atoms with Gasteiger partial charge in [0.2, 0.25) is 0 Å². The Balaban J connectivity index is 1.72. The van der Waals surface area contributed by atoms with Crippen LogP contribution in [-0.4, -0.2) is 41.5 Å². The Morgan fingerprint density at radius 3 is 3.00 bits per heavy atom. The lowest BCUT2D eigenvalue weighted by molar-refractivity contribution is 0.143. The van der Waals surface area contributed by atoms with Crippen LogP contribution in [-0.2, 0) is 4.74 Å². The SMILES string of the molecule is CC(=S)NC[C@H]1CN(c2ccc(NC3=CC(I)=CC=CC3O)c(F)c2)C(=O)O1. The Morgan fingerprint density at radius 2 is 2.29 bits per heavy atom. The van der Waals surface area contributed by atoms with E-state index < -0.39 is 18.0 Å². The number of aliphatic hydroxyl groups excluding tert-OH is 1. The number of ether oxygens (including phenoxy) is 1. The van der Waals surface area contributed by atoms with Crippen LogP contribution in [0.25, 0.3) is 0 Å². The smallest absolute Gasteiger partial charge is 0.414 e. The fourth-order valence-electron chi connectivity index (χ4n) is 2.77.